The van der Waals surface area contributed by atoms with Crippen LogP contribution >= 0.6 is 0 Å². The molecule has 0 aliphatic heterocycles. The van der Waals surface area contributed by atoms with Crippen molar-refractivity contribution in [1.29, 1.82) is 0 Å². The van der Waals surface area contributed by atoms with Crippen molar-refractivity contribution >= 4 is 0 Å². The van der Waals surface area contributed by atoms with E-state index in [-0.39, 0.29) is 0 Å². The van der Waals surface area contributed by atoms with E-state index in [1.807, 2.05) is 31.3 Å². The van der Waals surface area contributed by atoms with E-state index < -0.39 is 0 Å². The molecule has 2 heteroatoms. The zero-order valence-electron chi connectivity index (χ0n) is 7.44. The van der Waals surface area contributed by atoms with Crippen LogP contribution in [0.5, 0.6) is 0 Å². The molecular weight excluding hydrogens is 160 g/mol. The van der Waals surface area contributed by atoms with Crippen molar-refractivity contribution in [2.24, 2.45) is 0 Å². The summed E-state index contributed by atoms with van der Waals surface area (Å²) in [7, 11) is 0. The Morgan fingerprint density at radius 2 is 1.92 bits per heavy atom. The summed E-state index contributed by atoms with van der Waals surface area (Å²) in [6.45, 7) is 2.00. The molecule has 64 valence electrons. The Morgan fingerprint density at radius 1 is 1.08 bits per heavy atom. The van der Waals surface area contributed by atoms with E-state index >= 15 is 0 Å². The SMILES string of the molecule is Cc1ncccc1-c1cccnc1. The molecule has 0 aromatic carbocycles. The summed E-state index contributed by atoms with van der Waals surface area (Å²) in [6.07, 6.45) is 5.43. The minimum atomic E-state index is 1.04. The van der Waals surface area contributed by atoms with E-state index in [9.17, 15) is 0 Å². The van der Waals surface area contributed by atoms with Crippen LogP contribution in [0.25, 0.3) is 11.1 Å². The van der Waals surface area contributed by atoms with Crippen LogP contribution in [0.1, 0.15) is 5.69 Å². The van der Waals surface area contributed by atoms with Gasteiger partial charge in [0.25, 0.3) is 0 Å². The van der Waals surface area contributed by atoms with Gasteiger partial charge in [-0.25, -0.2) is 0 Å². The minimum Gasteiger partial charge on any atom is -0.264 e. The van der Waals surface area contributed by atoms with Gasteiger partial charge >= 0.3 is 0 Å². The van der Waals surface area contributed by atoms with Crippen molar-refractivity contribution in [3.8, 4) is 11.1 Å². The Hall–Kier alpha value is -1.70. The van der Waals surface area contributed by atoms with Crippen molar-refractivity contribution in [3.05, 3.63) is 48.5 Å². The lowest BCUT2D eigenvalue weighted by atomic mass is 10.1. The highest BCUT2D eigenvalue weighted by atomic mass is 14.7. The fourth-order valence-corrected chi connectivity index (χ4v) is 1.31. The molecule has 0 fully saturated rings. The molecule has 0 saturated heterocycles. The fraction of sp³-hybridized carbons (Fsp3) is 0.0909. The highest BCUT2D eigenvalue weighted by Gasteiger charge is 1.99. The van der Waals surface area contributed by atoms with Crippen molar-refractivity contribution in [2.75, 3.05) is 0 Å². The molecule has 2 heterocycles. The van der Waals surface area contributed by atoms with Gasteiger partial charge in [-0.2, -0.15) is 0 Å². The van der Waals surface area contributed by atoms with Gasteiger partial charge in [0.1, 0.15) is 0 Å². The molecule has 0 spiro atoms. The summed E-state index contributed by atoms with van der Waals surface area (Å²) < 4.78 is 0. The van der Waals surface area contributed by atoms with E-state index in [0.29, 0.717) is 0 Å². The lowest BCUT2D eigenvalue weighted by molar-refractivity contribution is 1.20. The molecule has 2 aromatic rings. The lowest BCUT2D eigenvalue weighted by Crippen LogP contribution is -1.86. The predicted molar refractivity (Wildman–Crippen MR) is 52.2 cm³/mol. The largest absolute Gasteiger partial charge is 0.264 e. The van der Waals surface area contributed by atoms with Gasteiger partial charge in [0, 0.05) is 35.4 Å². The smallest absolute Gasteiger partial charge is 0.0451 e. The molecule has 0 radical (unpaired) electrons. The fourth-order valence-electron chi connectivity index (χ4n) is 1.31. The van der Waals surface area contributed by atoms with Gasteiger partial charge < -0.3 is 0 Å². The molecule has 0 aliphatic rings. The van der Waals surface area contributed by atoms with Gasteiger partial charge in [-0.05, 0) is 19.1 Å². The first kappa shape index (κ1) is 7.92. The second kappa shape index (κ2) is 3.35. The number of hydrogen-bond donors (Lipinski definition) is 0. The van der Waals surface area contributed by atoms with Gasteiger partial charge in [0.2, 0.25) is 0 Å². The Bertz CT molecular complexity index is 396. The maximum Gasteiger partial charge on any atom is 0.0451 e. The van der Waals surface area contributed by atoms with Crippen LogP contribution in [0.3, 0.4) is 0 Å². The molecule has 2 aromatic heterocycles. The third-order valence-electron chi connectivity index (χ3n) is 1.98. The number of hydrogen-bond acceptors (Lipinski definition) is 2. The summed E-state index contributed by atoms with van der Waals surface area (Å²) >= 11 is 0. The van der Waals surface area contributed by atoms with Crippen LogP contribution < -0.4 is 0 Å². The van der Waals surface area contributed by atoms with Crippen LogP contribution in [0.2, 0.25) is 0 Å². The molecule has 0 saturated carbocycles. The molecule has 0 amide bonds. The Balaban J connectivity index is 2.54. The third kappa shape index (κ3) is 1.56. The highest BCUT2D eigenvalue weighted by Crippen LogP contribution is 2.19. The average Bonchev–Trinajstić information content (AvgIpc) is 2.20. The second-order valence-corrected chi connectivity index (χ2v) is 2.88. The van der Waals surface area contributed by atoms with Crippen molar-refractivity contribution in [1.82, 2.24) is 9.97 Å². The third-order valence-corrected chi connectivity index (χ3v) is 1.98. The Kier molecular flexibility index (Phi) is 2.04. The second-order valence-electron chi connectivity index (χ2n) is 2.88. The van der Waals surface area contributed by atoms with Gasteiger partial charge in [-0.1, -0.05) is 12.1 Å². The first-order chi connectivity index (χ1) is 6.38. The van der Waals surface area contributed by atoms with E-state index in [4.69, 9.17) is 0 Å². The molecular formula is C11H10N2. The molecule has 0 N–H and O–H groups in total. The molecule has 2 rings (SSSR count). The Labute approximate surface area is 77.3 Å². The highest BCUT2D eigenvalue weighted by molar-refractivity contribution is 5.64. The Morgan fingerprint density at radius 3 is 2.62 bits per heavy atom. The predicted octanol–water partition coefficient (Wildman–Crippen LogP) is 2.45. The molecule has 2 nitrogen and oxygen atoms in total. The summed E-state index contributed by atoms with van der Waals surface area (Å²) in [5, 5.41) is 0. The number of rotatable bonds is 1. The zero-order chi connectivity index (χ0) is 9.10. The average molecular weight is 170 g/mol. The monoisotopic (exact) mass is 170 g/mol. The topological polar surface area (TPSA) is 25.8 Å². The minimum absolute atomic E-state index is 1.04. The summed E-state index contributed by atoms with van der Waals surface area (Å²) in [5.74, 6) is 0. The van der Waals surface area contributed by atoms with Gasteiger partial charge in [-0.15, -0.1) is 0 Å². The lowest BCUT2D eigenvalue weighted by Gasteiger charge is -2.02. The van der Waals surface area contributed by atoms with Crippen LogP contribution in [0.15, 0.2) is 42.9 Å². The van der Waals surface area contributed by atoms with E-state index in [1.54, 1.807) is 12.4 Å². The molecule has 13 heavy (non-hydrogen) atoms. The summed E-state index contributed by atoms with van der Waals surface area (Å²) in [6, 6.07) is 7.97. The van der Waals surface area contributed by atoms with Crippen LogP contribution in [-0.4, -0.2) is 9.97 Å². The maximum atomic E-state index is 4.23. The van der Waals surface area contributed by atoms with Crippen LogP contribution in [0.4, 0.5) is 0 Å². The molecule has 0 unspecified atom stereocenters. The van der Waals surface area contributed by atoms with E-state index in [0.717, 1.165) is 16.8 Å². The summed E-state index contributed by atoms with van der Waals surface area (Å²) in [5.41, 5.74) is 3.30. The maximum absolute atomic E-state index is 4.23. The van der Waals surface area contributed by atoms with Crippen molar-refractivity contribution < 1.29 is 0 Å². The quantitative estimate of drug-likeness (QED) is 0.657. The van der Waals surface area contributed by atoms with Crippen LogP contribution in [0, 0.1) is 6.92 Å². The number of nitrogens with zero attached hydrogens (tertiary/aromatic N) is 2. The van der Waals surface area contributed by atoms with E-state index in [1.165, 1.54) is 0 Å². The van der Waals surface area contributed by atoms with Gasteiger partial charge in [-0.3, -0.25) is 9.97 Å². The zero-order valence-corrected chi connectivity index (χ0v) is 7.44. The standard InChI is InChI=1S/C11H10N2/c1-9-11(5-3-7-13-9)10-4-2-6-12-8-10/h2-8H,1H3. The number of aromatic nitrogens is 2. The number of pyridine rings is 2. The first-order valence-corrected chi connectivity index (χ1v) is 4.20. The molecule has 0 aliphatic carbocycles. The van der Waals surface area contributed by atoms with Crippen LogP contribution in [-0.2, 0) is 0 Å². The van der Waals surface area contributed by atoms with Gasteiger partial charge in [0.15, 0.2) is 0 Å². The van der Waals surface area contributed by atoms with E-state index in [2.05, 4.69) is 16.0 Å². The normalized spacial score (nSPS) is 9.92. The summed E-state index contributed by atoms with van der Waals surface area (Å²) in [4.78, 5) is 8.30. The van der Waals surface area contributed by atoms with Gasteiger partial charge in [0.05, 0.1) is 0 Å². The van der Waals surface area contributed by atoms with Crippen molar-refractivity contribution in [2.45, 2.75) is 6.92 Å². The van der Waals surface area contributed by atoms with Crippen molar-refractivity contribution in [3.63, 3.8) is 0 Å². The molecule has 0 bridgehead atoms. The first-order valence-electron chi connectivity index (χ1n) is 4.20. The number of aryl methyl sites for hydroxylation is 1. The molecule has 0 atom stereocenters.